The number of H-pyrrole nitrogens is 1. The number of halogens is 1. The summed E-state index contributed by atoms with van der Waals surface area (Å²) >= 11 is 5.97. The number of benzene rings is 1. The first-order valence-electron chi connectivity index (χ1n) is 3.94. The molecule has 0 unspecified atom stereocenters. The van der Waals surface area contributed by atoms with Crippen LogP contribution >= 0.6 is 11.6 Å². The van der Waals surface area contributed by atoms with Gasteiger partial charge in [-0.3, -0.25) is 0 Å². The Kier molecular flexibility index (Phi) is 1.96. The molecule has 64 valence electrons. The Labute approximate surface area is 80.7 Å². The first-order chi connectivity index (χ1) is 6.33. The van der Waals surface area contributed by atoms with Crippen molar-refractivity contribution in [1.82, 2.24) is 4.98 Å². The van der Waals surface area contributed by atoms with Gasteiger partial charge in [-0.25, -0.2) is 0 Å². The molecule has 0 aliphatic heterocycles. The van der Waals surface area contributed by atoms with Crippen molar-refractivity contribution in [2.75, 3.05) is 0 Å². The SMILES string of the molecule is N#CCc1c(Cl)ccc2[nH]ccc12. The predicted octanol–water partition coefficient (Wildman–Crippen LogP) is 2.89. The Morgan fingerprint density at radius 2 is 2.23 bits per heavy atom. The van der Waals surface area contributed by atoms with Gasteiger partial charge in [-0.05, 0) is 23.8 Å². The number of aromatic amines is 1. The predicted molar refractivity (Wildman–Crippen MR) is 52.6 cm³/mol. The van der Waals surface area contributed by atoms with Gasteiger partial charge in [-0.2, -0.15) is 5.26 Å². The highest BCUT2D eigenvalue weighted by Gasteiger charge is 2.05. The van der Waals surface area contributed by atoms with Crippen LogP contribution in [0.15, 0.2) is 24.4 Å². The van der Waals surface area contributed by atoms with Crippen molar-refractivity contribution in [2.24, 2.45) is 0 Å². The lowest BCUT2D eigenvalue weighted by molar-refractivity contribution is 1.29. The lowest BCUT2D eigenvalue weighted by atomic mass is 10.1. The Hall–Kier alpha value is -1.46. The van der Waals surface area contributed by atoms with E-state index in [1.54, 1.807) is 0 Å². The Morgan fingerprint density at radius 3 is 3.00 bits per heavy atom. The van der Waals surface area contributed by atoms with Crippen LogP contribution in [0.3, 0.4) is 0 Å². The topological polar surface area (TPSA) is 39.6 Å². The van der Waals surface area contributed by atoms with E-state index in [4.69, 9.17) is 16.9 Å². The minimum absolute atomic E-state index is 0.355. The number of nitrogens with zero attached hydrogens (tertiary/aromatic N) is 1. The molecule has 0 spiro atoms. The van der Waals surface area contributed by atoms with Crippen molar-refractivity contribution in [3.63, 3.8) is 0 Å². The molecule has 2 nitrogen and oxygen atoms in total. The fourth-order valence-corrected chi connectivity index (χ4v) is 1.66. The van der Waals surface area contributed by atoms with Crippen LogP contribution in [-0.4, -0.2) is 4.98 Å². The van der Waals surface area contributed by atoms with Crippen LogP contribution in [0.25, 0.3) is 10.9 Å². The van der Waals surface area contributed by atoms with E-state index in [1.165, 1.54) is 0 Å². The van der Waals surface area contributed by atoms with Crippen LogP contribution in [0.4, 0.5) is 0 Å². The van der Waals surface area contributed by atoms with E-state index >= 15 is 0 Å². The average molecular weight is 191 g/mol. The lowest BCUT2D eigenvalue weighted by Gasteiger charge is -2.00. The van der Waals surface area contributed by atoms with Crippen LogP contribution in [0, 0.1) is 11.3 Å². The summed E-state index contributed by atoms with van der Waals surface area (Å²) in [6.07, 6.45) is 2.20. The highest BCUT2D eigenvalue weighted by atomic mass is 35.5. The number of nitrogens with one attached hydrogen (secondary N) is 1. The molecule has 1 aromatic carbocycles. The van der Waals surface area contributed by atoms with Gasteiger partial charge in [-0.15, -0.1) is 0 Å². The molecule has 1 aromatic heterocycles. The van der Waals surface area contributed by atoms with E-state index in [9.17, 15) is 0 Å². The summed E-state index contributed by atoms with van der Waals surface area (Å²) in [5.41, 5.74) is 1.93. The zero-order valence-electron chi connectivity index (χ0n) is 6.84. The van der Waals surface area contributed by atoms with Crippen molar-refractivity contribution in [2.45, 2.75) is 6.42 Å². The maximum atomic E-state index is 8.62. The second-order valence-corrected chi connectivity index (χ2v) is 3.21. The fraction of sp³-hybridized carbons (Fsp3) is 0.100. The molecule has 0 atom stereocenters. The number of hydrogen-bond donors (Lipinski definition) is 1. The second kappa shape index (κ2) is 3.12. The van der Waals surface area contributed by atoms with E-state index in [1.807, 2.05) is 24.4 Å². The number of aromatic nitrogens is 1. The normalized spacial score (nSPS) is 10.2. The average Bonchev–Trinajstić information content (AvgIpc) is 2.58. The number of rotatable bonds is 1. The van der Waals surface area contributed by atoms with Gasteiger partial charge in [0.15, 0.2) is 0 Å². The largest absolute Gasteiger partial charge is 0.361 e. The van der Waals surface area contributed by atoms with E-state index in [0.29, 0.717) is 11.4 Å². The second-order valence-electron chi connectivity index (χ2n) is 2.80. The summed E-state index contributed by atoms with van der Waals surface area (Å²) in [5, 5.41) is 10.3. The van der Waals surface area contributed by atoms with Crippen molar-refractivity contribution in [3.05, 3.63) is 35.0 Å². The molecule has 2 rings (SSSR count). The van der Waals surface area contributed by atoms with Gasteiger partial charge in [0.2, 0.25) is 0 Å². The van der Waals surface area contributed by atoms with Gasteiger partial charge < -0.3 is 4.98 Å². The van der Waals surface area contributed by atoms with E-state index in [2.05, 4.69) is 11.1 Å². The van der Waals surface area contributed by atoms with Gasteiger partial charge in [0, 0.05) is 22.1 Å². The smallest absolute Gasteiger partial charge is 0.0670 e. The summed E-state index contributed by atoms with van der Waals surface area (Å²) in [4.78, 5) is 3.08. The van der Waals surface area contributed by atoms with Crippen molar-refractivity contribution >= 4 is 22.5 Å². The molecular weight excluding hydrogens is 184 g/mol. The minimum Gasteiger partial charge on any atom is -0.361 e. The Bertz CT molecular complexity index is 479. The maximum Gasteiger partial charge on any atom is 0.0670 e. The van der Waals surface area contributed by atoms with Gasteiger partial charge >= 0.3 is 0 Å². The molecule has 13 heavy (non-hydrogen) atoms. The van der Waals surface area contributed by atoms with Crippen molar-refractivity contribution in [3.8, 4) is 6.07 Å². The molecule has 0 radical (unpaired) electrons. The molecule has 0 saturated heterocycles. The Balaban J connectivity index is 2.74. The highest BCUT2D eigenvalue weighted by Crippen LogP contribution is 2.25. The van der Waals surface area contributed by atoms with E-state index < -0.39 is 0 Å². The lowest BCUT2D eigenvalue weighted by Crippen LogP contribution is -1.84. The third kappa shape index (κ3) is 1.28. The van der Waals surface area contributed by atoms with Crippen LogP contribution in [0.2, 0.25) is 5.02 Å². The molecule has 0 aliphatic carbocycles. The molecule has 2 aromatic rings. The summed E-state index contributed by atoms with van der Waals surface area (Å²) in [7, 11) is 0. The standard InChI is InChI=1S/C10H7ClN2/c11-9-1-2-10-8(4-6-13-10)7(9)3-5-12/h1-2,4,6,13H,3H2. The zero-order valence-corrected chi connectivity index (χ0v) is 7.60. The number of hydrogen-bond acceptors (Lipinski definition) is 1. The molecule has 1 heterocycles. The molecule has 0 bridgehead atoms. The van der Waals surface area contributed by atoms with Gasteiger partial charge in [-0.1, -0.05) is 11.6 Å². The molecule has 1 N–H and O–H groups in total. The van der Waals surface area contributed by atoms with E-state index in [0.717, 1.165) is 16.5 Å². The third-order valence-corrected chi connectivity index (χ3v) is 2.40. The van der Waals surface area contributed by atoms with Gasteiger partial charge in [0.1, 0.15) is 0 Å². The summed E-state index contributed by atoms with van der Waals surface area (Å²) < 4.78 is 0. The van der Waals surface area contributed by atoms with E-state index in [-0.39, 0.29) is 0 Å². The number of fused-ring (bicyclic) bond motifs is 1. The first kappa shape index (κ1) is 8.15. The first-order valence-corrected chi connectivity index (χ1v) is 4.32. The quantitative estimate of drug-likeness (QED) is 0.738. The monoisotopic (exact) mass is 190 g/mol. The Morgan fingerprint density at radius 1 is 1.38 bits per heavy atom. The minimum atomic E-state index is 0.355. The third-order valence-electron chi connectivity index (χ3n) is 2.04. The zero-order chi connectivity index (χ0) is 9.26. The van der Waals surface area contributed by atoms with Crippen LogP contribution in [0.1, 0.15) is 5.56 Å². The van der Waals surface area contributed by atoms with Crippen LogP contribution in [0.5, 0.6) is 0 Å². The number of nitriles is 1. The summed E-state index contributed by atoms with van der Waals surface area (Å²) in [6, 6.07) is 7.77. The molecular formula is C10H7ClN2. The molecule has 0 aliphatic rings. The molecule has 3 heteroatoms. The van der Waals surface area contributed by atoms with Crippen LogP contribution in [-0.2, 0) is 6.42 Å². The molecule has 0 amide bonds. The van der Waals surface area contributed by atoms with Gasteiger partial charge in [0.25, 0.3) is 0 Å². The maximum absolute atomic E-state index is 8.62. The highest BCUT2D eigenvalue weighted by molar-refractivity contribution is 6.32. The fourth-order valence-electron chi connectivity index (χ4n) is 1.43. The van der Waals surface area contributed by atoms with Gasteiger partial charge in [0.05, 0.1) is 12.5 Å². The molecule has 0 fully saturated rings. The molecule has 0 saturated carbocycles. The van der Waals surface area contributed by atoms with Crippen molar-refractivity contribution in [1.29, 1.82) is 5.26 Å². The summed E-state index contributed by atoms with van der Waals surface area (Å²) in [5.74, 6) is 0. The van der Waals surface area contributed by atoms with Crippen molar-refractivity contribution < 1.29 is 0 Å². The summed E-state index contributed by atoms with van der Waals surface area (Å²) in [6.45, 7) is 0. The van der Waals surface area contributed by atoms with Crippen LogP contribution < -0.4 is 0 Å².